The summed E-state index contributed by atoms with van der Waals surface area (Å²) >= 11 is 3.35. The minimum atomic E-state index is -0.680. The summed E-state index contributed by atoms with van der Waals surface area (Å²) in [5.74, 6) is 0.0892. The van der Waals surface area contributed by atoms with Crippen LogP contribution in [0.5, 0.6) is 5.75 Å². The maximum absolute atomic E-state index is 13.0. The van der Waals surface area contributed by atoms with E-state index in [1.54, 1.807) is 12.1 Å². The number of nitrogens with zero attached hydrogens (tertiary/aromatic N) is 4. The number of unbranched alkanes of at least 4 members (excludes halogenated alkanes) is 1. The minimum absolute atomic E-state index is 0.318. The van der Waals surface area contributed by atoms with Crippen LogP contribution in [0.2, 0.25) is 0 Å². The third-order valence-corrected chi connectivity index (χ3v) is 4.64. The molecule has 0 saturated heterocycles. The van der Waals surface area contributed by atoms with Gasteiger partial charge in [0, 0.05) is 22.5 Å². The van der Waals surface area contributed by atoms with E-state index in [2.05, 4.69) is 26.0 Å². The molecule has 0 amide bonds. The molecule has 1 heterocycles. The van der Waals surface area contributed by atoms with Gasteiger partial charge in [-0.2, -0.15) is 9.78 Å². The van der Waals surface area contributed by atoms with Gasteiger partial charge >= 0.3 is 5.69 Å². The highest BCUT2D eigenvalue weighted by Crippen LogP contribution is 2.25. The molecular formula is C19H17BrN4O4. The Morgan fingerprint density at radius 2 is 2.11 bits per heavy atom. The molecule has 0 radical (unpaired) electrons. The van der Waals surface area contributed by atoms with Crippen LogP contribution >= 0.6 is 15.9 Å². The van der Waals surface area contributed by atoms with Crippen molar-refractivity contribution in [3.8, 4) is 5.75 Å². The number of aryl methyl sites for hydroxylation is 1. The molecule has 0 aliphatic heterocycles. The van der Waals surface area contributed by atoms with Crippen molar-refractivity contribution in [3.63, 3.8) is 0 Å². The van der Waals surface area contributed by atoms with E-state index in [1.807, 2.05) is 13.0 Å². The molecule has 28 heavy (non-hydrogen) atoms. The molecule has 9 heteroatoms. The lowest BCUT2D eigenvalue weighted by Crippen LogP contribution is -2.22. The van der Waals surface area contributed by atoms with Gasteiger partial charge in [0.1, 0.15) is 5.82 Å². The molecule has 2 aromatic carbocycles. The van der Waals surface area contributed by atoms with Crippen LogP contribution in [-0.2, 0) is 6.42 Å². The number of hydrogen-bond donors (Lipinski definition) is 1. The first-order valence-corrected chi connectivity index (χ1v) is 9.43. The first kappa shape index (κ1) is 19.7. The quantitative estimate of drug-likeness (QED) is 0.350. The summed E-state index contributed by atoms with van der Waals surface area (Å²) in [6.07, 6.45) is 3.69. The summed E-state index contributed by atoms with van der Waals surface area (Å²) < 4.78 is 1.98. The smallest absolute Gasteiger partial charge is 0.311 e. The zero-order valence-corrected chi connectivity index (χ0v) is 16.6. The van der Waals surface area contributed by atoms with Crippen LogP contribution in [0.4, 0.5) is 5.69 Å². The topological polar surface area (TPSA) is 111 Å². The second-order valence-corrected chi connectivity index (χ2v) is 7.08. The van der Waals surface area contributed by atoms with Crippen LogP contribution in [-0.4, -0.2) is 25.9 Å². The third-order valence-electron chi connectivity index (χ3n) is 4.15. The number of nitro groups is 1. The van der Waals surface area contributed by atoms with E-state index >= 15 is 0 Å². The number of phenolic OH excluding ortho intramolecular Hbond substituents is 1. The molecule has 3 rings (SSSR count). The number of fused-ring (bicyclic) bond motifs is 1. The molecule has 144 valence electrons. The molecule has 0 spiro atoms. The van der Waals surface area contributed by atoms with E-state index in [9.17, 15) is 20.0 Å². The van der Waals surface area contributed by atoms with E-state index in [-0.39, 0.29) is 5.56 Å². The fourth-order valence-corrected chi connectivity index (χ4v) is 3.06. The predicted molar refractivity (Wildman–Crippen MR) is 110 cm³/mol. The van der Waals surface area contributed by atoms with Gasteiger partial charge in [-0.05, 0) is 36.8 Å². The zero-order chi connectivity index (χ0) is 20.3. The molecule has 0 fully saturated rings. The van der Waals surface area contributed by atoms with Gasteiger partial charge in [-0.1, -0.05) is 29.3 Å². The molecule has 1 N–H and O–H groups in total. The molecule has 0 saturated carbocycles. The highest BCUT2D eigenvalue weighted by atomic mass is 79.9. The predicted octanol–water partition coefficient (Wildman–Crippen LogP) is 4.00. The number of halogens is 1. The van der Waals surface area contributed by atoms with E-state index < -0.39 is 16.4 Å². The summed E-state index contributed by atoms with van der Waals surface area (Å²) in [6, 6.07) is 9.17. The summed E-state index contributed by atoms with van der Waals surface area (Å²) in [5, 5.41) is 25.2. The first-order valence-electron chi connectivity index (χ1n) is 8.63. The Morgan fingerprint density at radius 1 is 1.32 bits per heavy atom. The van der Waals surface area contributed by atoms with Crippen molar-refractivity contribution in [1.82, 2.24) is 9.66 Å². The van der Waals surface area contributed by atoms with E-state index in [0.29, 0.717) is 28.7 Å². The van der Waals surface area contributed by atoms with Crippen molar-refractivity contribution in [1.29, 1.82) is 0 Å². The maximum Gasteiger partial charge on any atom is 0.311 e. The third kappa shape index (κ3) is 4.09. The van der Waals surface area contributed by atoms with Crippen LogP contribution in [0.1, 0.15) is 31.2 Å². The zero-order valence-electron chi connectivity index (χ0n) is 15.0. The van der Waals surface area contributed by atoms with Crippen molar-refractivity contribution in [2.24, 2.45) is 5.10 Å². The molecule has 0 aliphatic rings. The van der Waals surface area contributed by atoms with Gasteiger partial charge in [0.05, 0.1) is 22.0 Å². The first-order chi connectivity index (χ1) is 13.4. The number of aromatic hydroxyl groups is 1. The fraction of sp³-hybridized carbons (Fsp3) is 0.211. The lowest BCUT2D eigenvalue weighted by Gasteiger charge is -2.09. The summed E-state index contributed by atoms with van der Waals surface area (Å²) in [4.78, 5) is 27.8. The lowest BCUT2D eigenvalue weighted by molar-refractivity contribution is -0.385. The molecule has 8 nitrogen and oxygen atoms in total. The summed E-state index contributed by atoms with van der Waals surface area (Å²) in [7, 11) is 0. The van der Waals surface area contributed by atoms with Crippen LogP contribution in [0.25, 0.3) is 10.9 Å². The normalized spacial score (nSPS) is 11.4. The van der Waals surface area contributed by atoms with Crippen LogP contribution in [0.3, 0.4) is 0 Å². The Bertz CT molecular complexity index is 1140. The Balaban J connectivity index is 2.11. The van der Waals surface area contributed by atoms with Crippen LogP contribution < -0.4 is 5.56 Å². The van der Waals surface area contributed by atoms with Gasteiger partial charge in [0.2, 0.25) is 0 Å². The number of hydrogen-bond acceptors (Lipinski definition) is 6. The Labute approximate surface area is 168 Å². The maximum atomic E-state index is 13.0. The molecule has 0 aliphatic carbocycles. The highest BCUT2D eigenvalue weighted by molar-refractivity contribution is 9.10. The Morgan fingerprint density at radius 3 is 2.82 bits per heavy atom. The molecule has 0 bridgehead atoms. The van der Waals surface area contributed by atoms with Gasteiger partial charge in [-0.25, -0.2) is 4.98 Å². The standard InChI is InChI=1S/C19H17BrN4O4/c1-2-3-4-18-22-15-7-6-13(20)10-14(15)19(26)23(18)21-11-12-5-8-17(25)16(9-12)24(27)28/h5-11,25H,2-4H2,1H3. The molecule has 1 aromatic heterocycles. The van der Waals surface area contributed by atoms with Gasteiger partial charge in [0.25, 0.3) is 5.56 Å². The molecule has 0 atom stereocenters. The highest BCUT2D eigenvalue weighted by Gasteiger charge is 2.14. The largest absolute Gasteiger partial charge is 0.502 e. The Hall–Kier alpha value is -3.07. The number of rotatable bonds is 6. The van der Waals surface area contributed by atoms with Gasteiger partial charge < -0.3 is 5.11 Å². The number of phenols is 1. The Kier molecular flexibility index (Phi) is 5.84. The number of nitro benzene ring substituents is 1. The van der Waals surface area contributed by atoms with Gasteiger partial charge in [-0.15, -0.1) is 0 Å². The number of aromatic nitrogens is 2. The monoisotopic (exact) mass is 444 g/mol. The molecular weight excluding hydrogens is 428 g/mol. The average molecular weight is 445 g/mol. The minimum Gasteiger partial charge on any atom is -0.502 e. The average Bonchev–Trinajstić information content (AvgIpc) is 2.67. The fourth-order valence-electron chi connectivity index (χ4n) is 2.70. The van der Waals surface area contributed by atoms with E-state index in [1.165, 1.54) is 29.1 Å². The van der Waals surface area contributed by atoms with Crippen molar-refractivity contribution in [3.05, 3.63) is 72.7 Å². The second-order valence-electron chi connectivity index (χ2n) is 6.16. The van der Waals surface area contributed by atoms with Crippen LogP contribution in [0, 0.1) is 10.1 Å². The SMILES string of the molecule is CCCCc1nc2ccc(Br)cc2c(=O)n1N=Cc1ccc(O)c([N+](=O)[O-])c1. The van der Waals surface area contributed by atoms with Crippen molar-refractivity contribution in [2.45, 2.75) is 26.2 Å². The number of benzene rings is 2. The van der Waals surface area contributed by atoms with Gasteiger partial charge in [0.15, 0.2) is 5.75 Å². The van der Waals surface area contributed by atoms with E-state index in [0.717, 1.165) is 17.3 Å². The van der Waals surface area contributed by atoms with Crippen molar-refractivity contribution >= 4 is 38.7 Å². The summed E-state index contributed by atoms with van der Waals surface area (Å²) in [5.41, 5.74) is 0.225. The van der Waals surface area contributed by atoms with E-state index in [4.69, 9.17) is 0 Å². The van der Waals surface area contributed by atoms with Crippen LogP contribution in [0.15, 0.2) is 50.8 Å². The molecule has 3 aromatic rings. The lowest BCUT2D eigenvalue weighted by atomic mass is 10.2. The molecule has 0 unspecified atom stereocenters. The second kappa shape index (κ2) is 8.30. The van der Waals surface area contributed by atoms with Crippen molar-refractivity contribution < 1.29 is 10.0 Å². The van der Waals surface area contributed by atoms with Gasteiger partial charge in [-0.3, -0.25) is 14.9 Å². The van der Waals surface area contributed by atoms with Crippen molar-refractivity contribution in [2.75, 3.05) is 0 Å². The summed E-state index contributed by atoms with van der Waals surface area (Å²) in [6.45, 7) is 2.04.